The van der Waals surface area contributed by atoms with Crippen LogP contribution < -0.4 is 15.5 Å². The van der Waals surface area contributed by atoms with Crippen LogP contribution in [0.25, 0.3) is 0 Å². The molecule has 3 rings (SSSR count). The lowest BCUT2D eigenvalue weighted by molar-refractivity contribution is 0.256. The van der Waals surface area contributed by atoms with Crippen LogP contribution in [-0.4, -0.2) is 19.1 Å². The highest BCUT2D eigenvalue weighted by molar-refractivity contribution is 6.06. The number of hydrogen-bond donors (Lipinski definition) is 1. The number of nitrogen functional groups attached to an aromatic ring is 1. The average Bonchev–Trinajstić information content (AvgIpc) is 2.82. The van der Waals surface area contributed by atoms with Gasteiger partial charge in [-0.2, -0.15) is 0 Å². The first-order valence-corrected chi connectivity index (χ1v) is 6.67. The molecule has 102 valence electrons. The summed E-state index contributed by atoms with van der Waals surface area (Å²) in [6.45, 7) is 3.42. The third-order valence-electron chi connectivity index (χ3n) is 3.62. The average molecular weight is 267 g/mol. The molecular weight excluding hydrogens is 250 g/mol. The number of carbonyl (C=O) groups excluding carboxylic acids is 1. The van der Waals surface area contributed by atoms with Crippen molar-refractivity contribution in [1.82, 2.24) is 0 Å². The number of urea groups is 1. The van der Waals surface area contributed by atoms with E-state index in [4.69, 9.17) is 5.73 Å². The molecule has 0 aliphatic carbocycles. The summed E-state index contributed by atoms with van der Waals surface area (Å²) in [5, 5.41) is 0. The number of nitrogens with zero attached hydrogens (tertiary/aromatic N) is 2. The second kappa shape index (κ2) is 4.89. The predicted octanol–water partition coefficient (Wildman–Crippen LogP) is 3.02. The van der Waals surface area contributed by atoms with E-state index in [1.165, 1.54) is 0 Å². The van der Waals surface area contributed by atoms with Gasteiger partial charge in [-0.3, -0.25) is 9.80 Å². The molecule has 4 nitrogen and oxygen atoms in total. The van der Waals surface area contributed by atoms with Crippen molar-refractivity contribution in [2.75, 3.05) is 28.6 Å². The van der Waals surface area contributed by atoms with E-state index >= 15 is 0 Å². The van der Waals surface area contributed by atoms with E-state index in [1.54, 1.807) is 4.90 Å². The van der Waals surface area contributed by atoms with Gasteiger partial charge in [0, 0.05) is 30.2 Å². The van der Waals surface area contributed by atoms with E-state index < -0.39 is 0 Å². The zero-order valence-corrected chi connectivity index (χ0v) is 11.4. The van der Waals surface area contributed by atoms with Crippen molar-refractivity contribution in [3.63, 3.8) is 0 Å². The van der Waals surface area contributed by atoms with Crippen molar-refractivity contribution < 1.29 is 4.79 Å². The van der Waals surface area contributed by atoms with Gasteiger partial charge in [0.2, 0.25) is 0 Å². The molecule has 0 saturated carbocycles. The minimum Gasteiger partial charge on any atom is -0.399 e. The number of anilines is 3. The Balaban J connectivity index is 1.88. The topological polar surface area (TPSA) is 49.6 Å². The molecular formula is C16H17N3O. The second-order valence-corrected chi connectivity index (χ2v) is 4.96. The quantitative estimate of drug-likeness (QED) is 0.850. The summed E-state index contributed by atoms with van der Waals surface area (Å²) in [6.07, 6.45) is 0. The Morgan fingerprint density at radius 1 is 0.950 bits per heavy atom. The van der Waals surface area contributed by atoms with Crippen molar-refractivity contribution in [3.05, 3.63) is 54.1 Å². The minimum atomic E-state index is 0.0177. The van der Waals surface area contributed by atoms with Gasteiger partial charge in [-0.15, -0.1) is 0 Å². The monoisotopic (exact) mass is 267 g/mol. The van der Waals surface area contributed by atoms with Crippen LogP contribution in [0.1, 0.15) is 5.56 Å². The molecule has 1 fully saturated rings. The summed E-state index contributed by atoms with van der Waals surface area (Å²) in [5.41, 5.74) is 9.37. The second-order valence-electron chi connectivity index (χ2n) is 4.96. The van der Waals surface area contributed by atoms with E-state index in [1.807, 2.05) is 60.4 Å². The highest BCUT2D eigenvalue weighted by atomic mass is 16.2. The summed E-state index contributed by atoms with van der Waals surface area (Å²) in [7, 11) is 0. The largest absolute Gasteiger partial charge is 0.399 e. The van der Waals surface area contributed by atoms with E-state index in [9.17, 15) is 4.79 Å². The Bertz CT molecular complexity index is 636. The lowest BCUT2D eigenvalue weighted by Gasteiger charge is -2.20. The molecule has 1 saturated heterocycles. The number of carbonyl (C=O) groups is 1. The van der Waals surface area contributed by atoms with Gasteiger partial charge < -0.3 is 5.73 Å². The molecule has 1 heterocycles. The summed E-state index contributed by atoms with van der Waals surface area (Å²) in [4.78, 5) is 16.2. The lowest BCUT2D eigenvalue weighted by Crippen LogP contribution is -2.32. The Hall–Kier alpha value is -2.49. The van der Waals surface area contributed by atoms with E-state index in [0.717, 1.165) is 16.9 Å². The first-order valence-electron chi connectivity index (χ1n) is 6.67. The first kappa shape index (κ1) is 12.5. The molecule has 0 spiro atoms. The van der Waals surface area contributed by atoms with Gasteiger partial charge in [-0.05, 0) is 42.8 Å². The van der Waals surface area contributed by atoms with Crippen LogP contribution in [0.5, 0.6) is 0 Å². The van der Waals surface area contributed by atoms with Crippen LogP contribution in [0.4, 0.5) is 21.9 Å². The molecule has 2 aromatic carbocycles. The summed E-state index contributed by atoms with van der Waals surface area (Å²) >= 11 is 0. The van der Waals surface area contributed by atoms with Crippen LogP contribution in [-0.2, 0) is 0 Å². The molecule has 0 unspecified atom stereocenters. The van der Waals surface area contributed by atoms with E-state index in [0.29, 0.717) is 18.8 Å². The molecule has 2 aromatic rings. The number of aryl methyl sites for hydroxylation is 1. The molecule has 2 N–H and O–H groups in total. The third-order valence-corrected chi connectivity index (χ3v) is 3.62. The summed E-state index contributed by atoms with van der Waals surface area (Å²) < 4.78 is 0. The van der Waals surface area contributed by atoms with Crippen LogP contribution in [0, 0.1) is 6.92 Å². The van der Waals surface area contributed by atoms with Gasteiger partial charge >= 0.3 is 6.03 Å². The van der Waals surface area contributed by atoms with Gasteiger partial charge in [-0.1, -0.05) is 18.2 Å². The van der Waals surface area contributed by atoms with Crippen molar-refractivity contribution in [2.24, 2.45) is 0 Å². The number of hydrogen-bond acceptors (Lipinski definition) is 2. The van der Waals surface area contributed by atoms with Crippen LogP contribution >= 0.6 is 0 Å². The summed E-state index contributed by atoms with van der Waals surface area (Å²) in [6, 6.07) is 15.4. The standard InChI is InChI=1S/C16H17N3O/c1-12-4-2-3-5-15(12)19-11-10-18(16(19)20)14-8-6-13(17)7-9-14/h2-9H,10-11,17H2,1H3. The molecule has 2 amide bonds. The molecule has 4 heteroatoms. The molecule has 20 heavy (non-hydrogen) atoms. The molecule has 0 aromatic heterocycles. The van der Waals surface area contributed by atoms with E-state index in [-0.39, 0.29) is 6.03 Å². The molecule has 0 radical (unpaired) electrons. The van der Waals surface area contributed by atoms with Crippen LogP contribution in [0.2, 0.25) is 0 Å². The lowest BCUT2D eigenvalue weighted by atomic mass is 10.2. The fourth-order valence-electron chi connectivity index (χ4n) is 2.52. The molecule has 1 aliphatic heterocycles. The van der Waals surface area contributed by atoms with Crippen LogP contribution in [0.15, 0.2) is 48.5 Å². The number of benzene rings is 2. The number of nitrogens with two attached hydrogens (primary N) is 1. The van der Waals surface area contributed by atoms with E-state index in [2.05, 4.69) is 0 Å². The van der Waals surface area contributed by atoms with Gasteiger partial charge in [0.05, 0.1) is 0 Å². The molecule has 1 aliphatic rings. The normalized spacial score (nSPS) is 14.9. The maximum absolute atomic E-state index is 12.6. The number of para-hydroxylation sites is 1. The van der Waals surface area contributed by atoms with Crippen molar-refractivity contribution in [2.45, 2.75) is 6.92 Å². The van der Waals surface area contributed by atoms with Gasteiger partial charge in [-0.25, -0.2) is 4.79 Å². The summed E-state index contributed by atoms with van der Waals surface area (Å²) in [5.74, 6) is 0. The highest BCUT2D eigenvalue weighted by Gasteiger charge is 2.31. The predicted molar refractivity (Wildman–Crippen MR) is 82.1 cm³/mol. The minimum absolute atomic E-state index is 0.0177. The Labute approximate surface area is 118 Å². The highest BCUT2D eigenvalue weighted by Crippen LogP contribution is 2.27. The van der Waals surface area contributed by atoms with Crippen molar-refractivity contribution >= 4 is 23.1 Å². The maximum atomic E-state index is 12.6. The fourth-order valence-corrected chi connectivity index (χ4v) is 2.52. The van der Waals surface area contributed by atoms with Gasteiger partial charge in [0.25, 0.3) is 0 Å². The first-order chi connectivity index (χ1) is 9.66. The maximum Gasteiger partial charge on any atom is 0.329 e. The Morgan fingerprint density at radius 3 is 2.30 bits per heavy atom. The number of amides is 2. The van der Waals surface area contributed by atoms with Crippen molar-refractivity contribution in [3.8, 4) is 0 Å². The molecule has 0 bridgehead atoms. The Morgan fingerprint density at radius 2 is 1.60 bits per heavy atom. The Kier molecular flexibility index (Phi) is 3.06. The smallest absolute Gasteiger partial charge is 0.329 e. The zero-order valence-electron chi connectivity index (χ0n) is 11.4. The van der Waals surface area contributed by atoms with Gasteiger partial charge in [0.1, 0.15) is 0 Å². The zero-order chi connectivity index (χ0) is 14.1. The fraction of sp³-hybridized carbons (Fsp3) is 0.188. The third kappa shape index (κ3) is 2.09. The van der Waals surface area contributed by atoms with Gasteiger partial charge in [0.15, 0.2) is 0 Å². The number of rotatable bonds is 2. The SMILES string of the molecule is Cc1ccccc1N1CCN(c2ccc(N)cc2)C1=O. The van der Waals surface area contributed by atoms with Crippen LogP contribution in [0.3, 0.4) is 0 Å². The van der Waals surface area contributed by atoms with Crippen molar-refractivity contribution in [1.29, 1.82) is 0 Å². The molecule has 0 atom stereocenters.